The maximum atomic E-state index is 9.97. The zero-order chi connectivity index (χ0) is 15.1. The molecule has 2 rings (SSSR count). The van der Waals surface area contributed by atoms with Crippen LogP contribution in [0.4, 0.5) is 0 Å². The van der Waals surface area contributed by atoms with Crippen molar-refractivity contribution in [1.82, 2.24) is 5.32 Å². The smallest absolute Gasteiger partial charge is 0.133 e. The van der Waals surface area contributed by atoms with E-state index in [2.05, 4.69) is 21.2 Å². The summed E-state index contributed by atoms with van der Waals surface area (Å²) in [5, 5.41) is 14.0. The highest BCUT2D eigenvalue weighted by molar-refractivity contribution is 9.10. The molecule has 1 aliphatic heterocycles. The van der Waals surface area contributed by atoms with E-state index in [1.807, 2.05) is 48.6 Å². The first kappa shape index (κ1) is 17.5. The Bertz CT molecular complexity index is 442. The van der Waals surface area contributed by atoms with E-state index in [4.69, 9.17) is 4.74 Å². The first-order valence-electron chi connectivity index (χ1n) is 7.12. The summed E-state index contributed by atoms with van der Waals surface area (Å²) in [7, 11) is 0. The molecule has 21 heavy (non-hydrogen) atoms. The molecule has 118 valence electrons. The number of hydrogen-bond donors (Lipinski definition) is 2. The molecule has 0 aliphatic carbocycles. The van der Waals surface area contributed by atoms with Crippen molar-refractivity contribution in [3.05, 3.63) is 28.2 Å². The average Bonchev–Trinajstić information content (AvgIpc) is 2.47. The minimum absolute atomic E-state index is 0.307. The van der Waals surface area contributed by atoms with E-state index in [0.717, 1.165) is 16.8 Å². The Morgan fingerprint density at radius 2 is 2.33 bits per heavy atom. The van der Waals surface area contributed by atoms with Crippen LogP contribution in [0, 0.1) is 6.92 Å². The Labute approximate surface area is 143 Å². The number of aliphatic hydroxyl groups excluding tert-OH is 1. The van der Waals surface area contributed by atoms with Gasteiger partial charge in [0.2, 0.25) is 0 Å². The molecule has 2 unspecified atom stereocenters. The van der Waals surface area contributed by atoms with Gasteiger partial charge in [-0.25, -0.2) is 0 Å². The van der Waals surface area contributed by atoms with Crippen molar-refractivity contribution in [1.29, 1.82) is 0 Å². The number of nitrogens with one attached hydrogen (secondary N) is 1. The van der Waals surface area contributed by atoms with Crippen molar-refractivity contribution in [2.75, 3.05) is 37.0 Å². The molecule has 0 bridgehead atoms. The van der Waals surface area contributed by atoms with Crippen LogP contribution in [-0.4, -0.2) is 53.4 Å². The van der Waals surface area contributed by atoms with E-state index in [9.17, 15) is 5.11 Å². The second kappa shape index (κ2) is 9.30. The molecule has 6 heteroatoms. The number of thioether (sulfide) groups is 2. The van der Waals surface area contributed by atoms with E-state index in [1.54, 1.807) is 0 Å². The quantitative estimate of drug-likeness (QED) is 0.747. The lowest BCUT2D eigenvalue weighted by Gasteiger charge is -2.22. The summed E-state index contributed by atoms with van der Waals surface area (Å²) in [6.45, 7) is 3.88. The fourth-order valence-corrected chi connectivity index (χ4v) is 5.29. The molecule has 1 aromatic carbocycles. The highest BCUT2D eigenvalue weighted by atomic mass is 79.9. The molecule has 2 N–H and O–H groups in total. The van der Waals surface area contributed by atoms with E-state index in [1.165, 1.54) is 22.8 Å². The number of aryl methyl sites for hydroxylation is 1. The zero-order valence-electron chi connectivity index (χ0n) is 12.2. The lowest BCUT2D eigenvalue weighted by atomic mass is 10.2. The fraction of sp³-hybridized carbons (Fsp3) is 0.600. The number of rotatable bonds is 7. The molecule has 0 radical (unpaired) electrons. The summed E-state index contributed by atoms with van der Waals surface area (Å²) in [4.78, 5) is 0. The second-order valence-electron chi connectivity index (χ2n) is 5.12. The first-order valence-corrected chi connectivity index (χ1v) is 10.1. The van der Waals surface area contributed by atoms with Gasteiger partial charge in [-0.05, 0) is 40.5 Å². The maximum absolute atomic E-state index is 9.97. The van der Waals surface area contributed by atoms with Crippen molar-refractivity contribution in [2.24, 2.45) is 0 Å². The minimum atomic E-state index is -0.487. The molecule has 0 saturated carbocycles. The predicted molar refractivity (Wildman–Crippen MR) is 96.8 cm³/mol. The number of hydrogen-bond acceptors (Lipinski definition) is 5. The van der Waals surface area contributed by atoms with Crippen molar-refractivity contribution in [2.45, 2.75) is 18.3 Å². The van der Waals surface area contributed by atoms with Crippen molar-refractivity contribution >= 4 is 39.5 Å². The average molecular weight is 392 g/mol. The molecule has 0 amide bonds. The van der Waals surface area contributed by atoms with Crippen LogP contribution in [0.25, 0.3) is 0 Å². The van der Waals surface area contributed by atoms with Crippen molar-refractivity contribution < 1.29 is 9.84 Å². The Morgan fingerprint density at radius 3 is 3.05 bits per heavy atom. The van der Waals surface area contributed by atoms with Crippen LogP contribution >= 0.6 is 39.5 Å². The van der Waals surface area contributed by atoms with Gasteiger partial charge in [0.05, 0.1) is 4.47 Å². The van der Waals surface area contributed by atoms with E-state index < -0.39 is 6.10 Å². The Balaban J connectivity index is 1.63. The topological polar surface area (TPSA) is 41.5 Å². The Morgan fingerprint density at radius 1 is 1.48 bits per heavy atom. The van der Waals surface area contributed by atoms with Crippen LogP contribution in [0.1, 0.15) is 5.56 Å². The van der Waals surface area contributed by atoms with Gasteiger partial charge in [0.25, 0.3) is 0 Å². The van der Waals surface area contributed by atoms with Gasteiger partial charge in [0.1, 0.15) is 18.5 Å². The van der Waals surface area contributed by atoms with Gasteiger partial charge in [-0.15, -0.1) is 0 Å². The van der Waals surface area contributed by atoms with E-state index in [0.29, 0.717) is 18.4 Å². The molecule has 1 fully saturated rings. The molecular formula is C15H22BrNO2S2. The summed E-state index contributed by atoms with van der Waals surface area (Å²) in [5.74, 6) is 4.49. The SMILES string of the molecule is Cc1ccc(OCC(O)CNCC2CSCCS2)c(Br)c1. The molecule has 1 aromatic rings. The Hall–Kier alpha value is 0.120. The number of ether oxygens (including phenoxy) is 1. The molecule has 0 spiro atoms. The van der Waals surface area contributed by atoms with Crippen LogP contribution in [0.15, 0.2) is 22.7 Å². The summed E-state index contributed by atoms with van der Waals surface area (Å²) in [5.41, 5.74) is 1.18. The lowest BCUT2D eigenvalue weighted by Crippen LogP contribution is -2.36. The van der Waals surface area contributed by atoms with E-state index >= 15 is 0 Å². The number of halogens is 1. The van der Waals surface area contributed by atoms with Crippen LogP contribution in [0.3, 0.4) is 0 Å². The molecule has 2 atom stereocenters. The van der Waals surface area contributed by atoms with Gasteiger partial charge < -0.3 is 15.2 Å². The second-order valence-corrected chi connectivity index (χ2v) is 8.54. The monoisotopic (exact) mass is 391 g/mol. The molecule has 1 aliphatic rings. The molecule has 1 saturated heterocycles. The summed E-state index contributed by atoms with van der Waals surface area (Å²) < 4.78 is 6.58. The fourth-order valence-electron chi connectivity index (χ4n) is 2.03. The third kappa shape index (κ3) is 6.40. The molecular weight excluding hydrogens is 370 g/mol. The van der Waals surface area contributed by atoms with Crippen LogP contribution in [0.5, 0.6) is 5.75 Å². The Kier molecular flexibility index (Phi) is 7.74. The number of benzene rings is 1. The van der Waals surface area contributed by atoms with Gasteiger partial charge in [0, 0.05) is 35.6 Å². The highest BCUT2D eigenvalue weighted by Crippen LogP contribution is 2.26. The summed E-state index contributed by atoms with van der Waals surface area (Å²) >= 11 is 7.52. The van der Waals surface area contributed by atoms with Crippen LogP contribution in [-0.2, 0) is 0 Å². The van der Waals surface area contributed by atoms with Gasteiger partial charge in [-0.2, -0.15) is 23.5 Å². The van der Waals surface area contributed by atoms with Crippen molar-refractivity contribution in [3.8, 4) is 5.75 Å². The van der Waals surface area contributed by atoms with Gasteiger partial charge in [0.15, 0.2) is 0 Å². The van der Waals surface area contributed by atoms with Crippen LogP contribution in [0.2, 0.25) is 0 Å². The van der Waals surface area contributed by atoms with Crippen LogP contribution < -0.4 is 10.1 Å². The standard InChI is InChI=1S/C15H22BrNO2S2/c1-11-2-3-15(14(16)6-11)19-9-12(18)7-17-8-13-10-20-4-5-21-13/h2-3,6,12-13,17-18H,4-5,7-10H2,1H3. The third-order valence-electron chi connectivity index (χ3n) is 3.16. The zero-order valence-corrected chi connectivity index (χ0v) is 15.4. The van der Waals surface area contributed by atoms with Gasteiger partial charge in [-0.3, -0.25) is 0 Å². The maximum Gasteiger partial charge on any atom is 0.133 e. The molecule has 0 aromatic heterocycles. The minimum Gasteiger partial charge on any atom is -0.490 e. The normalized spacial score (nSPS) is 20.2. The summed E-state index contributed by atoms with van der Waals surface area (Å²) in [6, 6.07) is 5.94. The predicted octanol–water partition coefficient (Wildman–Crippen LogP) is 2.94. The van der Waals surface area contributed by atoms with E-state index in [-0.39, 0.29) is 0 Å². The number of aliphatic hydroxyl groups is 1. The third-order valence-corrected chi connectivity index (χ3v) is 6.62. The lowest BCUT2D eigenvalue weighted by molar-refractivity contribution is 0.106. The largest absolute Gasteiger partial charge is 0.490 e. The molecule has 3 nitrogen and oxygen atoms in total. The molecule has 1 heterocycles. The highest BCUT2D eigenvalue weighted by Gasteiger charge is 2.14. The summed E-state index contributed by atoms with van der Waals surface area (Å²) in [6.07, 6.45) is -0.487. The first-order chi connectivity index (χ1) is 10.1. The van der Waals surface area contributed by atoms with Crippen molar-refractivity contribution in [3.63, 3.8) is 0 Å². The van der Waals surface area contributed by atoms with Gasteiger partial charge >= 0.3 is 0 Å². The van der Waals surface area contributed by atoms with Gasteiger partial charge in [-0.1, -0.05) is 6.07 Å².